The molecule has 2 saturated heterocycles. The quantitative estimate of drug-likeness (QED) is 0.280. The summed E-state index contributed by atoms with van der Waals surface area (Å²) in [5, 5.41) is 13.1. The Morgan fingerprint density at radius 1 is 1.27 bits per heavy atom. The van der Waals surface area contributed by atoms with Crippen LogP contribution in [0, 0.1) is 5.82 Å². The van der Waals surface area contributed by atoms with Gasteiger partial charge in [-0.05, 0) is 57.4 Å². The highest BCUT2D eigenvalue weighted by atomic mass is 35.5. The van der Waals surface area contributed by atoms with Gasteiger partial charge in [0.15, 0.2) is 5.82 Å². The van der Waals surface area contributed by atoms with Gasteiger partial charge < -0.3 is 24.8 Å². The number of aromatic nitrogens is 2. The van der Waals surface area contributed by atoms with Crippen LogP contribution in [0.1, 0.15) is 57.2 Å². The van der Waals surface area contributed by atoms with Crippen molar-refractivity contribution < 1.29 is 23.8 Å². The summed E-state index contributed by atoms with van der Waals surface area (Å²) in [4.78, 5) is 23.2. The van der Waals surface area contributed by atoms with Crippen LogP contribution in [-0.2, 0) is 20.7 Å². The van der Waals surface area contributed by atoms with Gasteiger partial charge in [-0.3, -0.25) is 4.79 Å². The van der Waals surface area contributed by atoms with Gasteiger partial charge in [-0.2, -0.15) is 0 Å². The number of nitrogens with zero attached hydrogens (tertiary/aromatic N) is 3. The topological polar surface area (TPSA) is 96.8 Å². The zero-order valence-electron chi connectivity index (χ0n) is 22.5. The van der Waals surface area contributed by atoms with E-state index in [9.17, 15) is 14.3 Å². The number of rotatable bonds is 9. The molecule has 11 heteroatoms. The normalized spacial score (nSPS) is 23.9. The molecule has 5 rings (SSSR count). The van der Waals surface area contributed by atoms with Gasteiger partial charge in [-0.1, -0.05) is 29.8 Å². The van der Waals surface area contributed by atoms with Crippen LogP contribution in [0.4, 0.5) is 15.9 Å². The third-order valence-corrected chi connectivity index (χ3v) is 8.47. The first-order chi connectivity index (χ1) is 19.0. The lowest BCUT2D eigenvalue weighted by Crippen LogP contribution is -2.48. The molecule has 8 nitrogen and oxygen atoms in total. The van der Waals surface area contributed by atoms with Gasteiger partial charge in [-0.15, -0.1) is 0 Å². The van der Waals surface area contributed by atoms with Gasteiger partial charge >= 0.3 is 0 Å². The fourth-order valence-corrected chi connectivity index (χ4v) is 6.00. The summed E-state index contributed by atoms with van der Waals surface area (Å²) in [6.45, 7) is 7.45. The molecule has 40 heavy (non-hydrogen) atoms. The molecule has 1 aliphatic carbocycles. The summed E-state index contributed by atoms with van der Waals surface area (Å²) in [5.41, 5.74) is 0.632. The molecule has 2 bridgehead atoms. The smallest absolute Gasteiger partial charge is 0.246 e. The van der Waals surface area contributed by atoms with Crippen molar-refractivity contribution in [3.8, 4) is 0 Å². The predicted molar refractivity (Wildman–Crippen MR) is 152 cm³/mol. The summed E-state index contributed by atoms with van der Waals surface area (Å²) in [6.07, 6.45) is 8.26. The maximum atomic E-state index is 14.8. The number of nitrogens with one attached hydrogen (secondary N) is 1. The van der Waals surface area contributed by atoms with E-state index in [0.717, 1.165) is 12.8 Å². The molecule has 1 aromatic carbocycles. The number of amides is 1. The number of hydrogen-bond donors (Lipinski definition) is 2. The van der Waals surface area contributed by atoms with Crippen molar-refractivity contribution in [2.24, 2.45) is 0 Å². The van der Waals surface area contributed by atoms with Crippen LogP contribution in [-0.4, -0.2) is 62.4 Å². The number of anilines is 2. The lowest BCUT2D eigenvalue weighted by molar-refractivity contribution is -0.132. The average Bonchev–Trinajstić information content (AvgIpc) is 3.18. The van der Waals surface area contributed by atoms with Crippen LogP contribution >= 0.6 is 23.2 Å². The third-order valence-electron chi connectivity index (χ3n) is 7.69. The van der Waals surface area contributed by atoms with E-state index in [1.807, 2.05) is 11.0 Å². The number of carbonyl (C=O) groups excluding carboxylic acids is 1. The summed E-state index contributed by atoms with van der Waals surface area (Å²) in [5.74, 6) is 0.294. The molecule has 0 radical (unpaired) electrons. The second kappa shape index (κ2) is 11.6. The number of ether oxygens (including phenoxy) is 2. The van der Waals surface area contributed by atoms with E-state index < -0.39 is 17.5 Å². The van der Waals surface area contributed by atoms with Crippen LogP contribution in [0.2, 0.25) is 10.0 Å². The van der Waals surface area contributed by atoms with Gasteiger partial charge in [-0.25, -0.2) is 14.4 Å². The van der Waals surface area contributed by atoms with Crippen molar-refractivity contribution in [3.05, 3.63) is 64.0 Å². The van der Waals surface area contributed by atoms with Crippen molar-refractivity contribution in [3.63, 3.8) is 0 Å². The minimum atomic E-state index is -0.871. The van der Waals surface area contributed by atoms with E-state index in [4.69, 9.17) is 32.7 Å². The summed E-state index contributed by atoms with van der Waals surface area (Å²) >= 11 is 12.0. The first-order valence-corrected chi connectivity index (χ1v) is 14.2. The molecule has 2 N–H and O–H groups in total. The Morgan fingerprint density at radius 3 is 2.67 bits per heavy atom. The number of halogens is 3. The summed E-state index contributed by atoms with van der Waals surface area (Å²) in [6, 6.07) is 3.23. The average molecular weight is 592 g/mol. The molecular weight excluding hydrogens is 558 g/mol. The zero-order valence-corrected chi connectivity index (χ0v) is 24.0. The van der Waals surface area contributed by atoms with Gasteiger partial charge in [0.1, 0.15) is 30.1 Å². The molecule has 3 atom stereocenters. The molecule has 3 aliphatic rings. The maximum absolute atomic E-state index is 14.8. The van der Waals surface area contributed by atoms with Gasteiger partial charge in [0, 0.05) is 36.9 Å². The van der Waals surface area contributed by atoms with Crippen LogP contribution in [0.5, 0.6) is 0 Å². The Bertz CT molecular complexity index is 1320. The molecule has 2 aliphatic heterocycles. The molecule has 214 valence electrons. The van der Waals surface area contributed by atoms with Crippen molar-refractivity contribution in [1.82, 2.24) is 14.9 Å². The largest absolute Gasteiger partial charge is 0.492 e. The fourth-order valence-electron chi connectivity index (χ4n) is 5.69. The second-order valence-electron chi connectivity index (χ2n) is 11.1. The zero-order chi connectivity index (χ0) is 28.6. The number of piperidine rings is 1. The number of aliphatic hydroxyl groups is 1. The Hall–Kier alpha value is -2.72. The van der Waals surface area contributed by atoms with E-state index >= 15 is 0 Å². The lowest BCUT2D eigenvalue weighted by atomic mass is 9.96. The highest BCUT2D eigenvalue weighted by Gasteiger charge is 2.44. The van der Waals surface area contributed by atoms with Crippen molar-refractivity contribution >= 4 is 46.7 Å². The molecule has 0 saturated carbocycles. The molecule has 3 heterocycles. The van der Waals surface area contributed by atoms with Gasteiger partial charge in [0.2, 0.25) is 5.91 Å². The molecule has 2 fully saturated rings. The van der Waals surface area contributed by atoms with Crippen molar-refractivity contribution in [2.75, 3.05) is 11.9 Å². The summed E-state index contributed by atoms with van der Waals surface area (Å²) in [7, 11) is 0. The molecule has 0 spiro atoms. The Balaban J connectivity index is 1.42. The second-order valence-corrected chi connectivity index (χ2v) is 11.9. The number of hydrogen-bond acceptors (Lipinski definition) is 7. The summed E-state index contributed by atoms with van der Waals surface area (Å²) < 4.78 is 27.6. The van der Waals surface area contributed by atoms with Gasteiger partial charge in [0.25, 0.3) is 0 Å². The van der Waals surface area contributed by atoms with Gasteiger partial charge in [0.05, 0.1) is 33.6 Å². The van der Waals surface area contributed by atoms with Crippen LogP contribution < -0.4 is 5.32 Å². The molecule has 2 aromatic rings. The van der Waals surface area contributed by atoms with E-state index in [2.05, 4.69) is 21.9 Å². The molecule has 1 amide bonds. The maximum Gasteiger partial charge on any atom is 0.246 e. The predicted octanol–water partition coefficient (Wildman–Crippen LogP) is 5.83. The number of carbonyl (C=O) groups is 1. The van der Waals surface area contributed by atoms with Crippen LogP contribution in [0.15, 0.2) is 36.9 Å². The van der Waals surface area contributed by atoms with E-state index in [0.29, 0.717) is 55.1 Å². The van der Waals surface area contributed by atoms with E-state index in [1.54, 1.807) is 13.8 Å². The Labute approximate surface area is 243 Å². The Morgan fingerprint density at radius 2 is 2.00 bits per heavy atom. The van der Waals surface area contributed by atoms with E-state index in [-0.39, 0.29) is 39.8 Å². The minimum absolute atomic E-state index is 0.0352. The van der Waals surface area contributed by atoms with Crippen molar-refractivity contribution in [1.29, 1.82) is 0 Å². The fraction of sp³-hybridized carbons (Fsp3) is 0.483. The Kier molecular flexibility index (Phi) is 8.38. The number of benzene rings is 1. The SMILES string of the molecule is C=CC(=O)N1C2CCC1CC(OC1=Cc3c(ncnc3Nc3ccc(Cl)c(Cl)c3F)CC1OCCC(C)(C)O)C2. The minimum Gasteiger partial charge on any atom is -0.492 e. The molecular formula is C29H33Cl2FN4O4. The first kappa shape index (κ1) is 28.8. The lowest BCUT2D eigenvalue weighted by Gasteiger charge is -2.39. The molecule has 3 unspecified atom stereocenters. The monoisotopic (exact) mass is 590 g/mol. The third kappa shape index (κ3) is 6.12. The van der Waals surface area contributed by atoms with Crippen molar-refractivity contribution in [2.45, 2.75) is 82.3 Å². The first-order valence-electron chi connectivity index (χ1n) is 13.5. The number of fused-ring (bicyclic) bond motifs is 3. The van der Waals surface area contributed by atoms with Crippen LogP contribution in [0.25, 0.3) is 6.08 Å². The standard InChI is InChI=1S/C29H33Cl2FN4O4/c1-4-25(37)36-16-5-6-17(36)12-18(11-16)40-24-13-19-22(14-23(24)39-10-9-29(2,3)38)33-15-34-28(19)35-21-8-7-20(30)26(31)27(21)32/h4,7-8,13,15-18,23,38H,1,5-6,9-12,14H2,2-3H3,(H,33,34,35). The highest BCUT2D eigenvalue weighted by molar-refractivity contribution is 6.42. The molecule has 1 aromatic heterocycles. The van der Waals surface area contributed by atoms with E-state index in [1.165, 1.54) is 24.5 Å². The highest BCUT2D eigenvalue weighted by Crippen LogP contribution is 2.40. The van der Waals surface area contributed by atoms with Crippen LogP contribution in [0.3, 0.4) is 0 Å².